The molecule has 3 nitrogen and oxygen atoms in total. The van der Waals surface area contributed by atoms with E-state index >= 15 is 0 Å². The van der Waals surface area contributed by atoms with Gasteiger partial charge in [0.05, 0.1) is 0 Å². The predicted octanol–water partition coefficient (Wildman–Crippen LogP) is 1.67. The molecule has 3 rings (SSSR count). The maximum atomic E-state index is 6.22. The number of nitrogens with zero attached hydrogens (tertiary/aromatic N) is 2. The summed E-state index contributed by atoms with van der Waals surface area (Å²) in [4.78, 5) is 5.45. The molecule has 1 aliphatic heterocycles. The highest BCUT2D eigenvalue weighted by atomic mass is 15.3. The lowest BCUT2D eigenvalue weighted by Crippen LogP contribution is -2.58. The highest BCUT2D eigenvalue weighted by molar-refractivity contribution is 5.05. The van der Waals surface area contributed by atoms with Gasteiger partial charge in [0.2, 0.25) is 0 Å². The highest BCUT2D eigenvalue weighted by Crippen LogP contribution is 2.39. The van der Waals surface area contributed by atoms with Crippen LogP contribution in [0.15, 0.2) is 0 Å². The molecule has 3 aliphatic rings. The van der Waals surface area contributed by atoms with Crippen molar-refractivity contribution < 1.29 is 0 Å². The van der Waals surface area contributed by atoms with E-state index in [9.17, 15) is 0 Å². The van der Waals surface area contributed by atoms with Crippen molar-refractivity contribution in [2.75, 3.05) is 26.2 Å². The summed E-state index contributed by atoms with van der Waals surface area (Å²) < 4.78 is 0. The van der Waals surface area contributed by atoms with Crippen molar-refractivity contribution >= 4 is 0 Å². The summed E-state index contributed by atoms with van der Waals surface area (Å²) in [7, 11) is 0. The van der Waals surface area contributed by atoms with Crippen LogP contribution in [0, 0.1) is 5.92 Å². The van der Waals surface area contributed by atoms with E-state index < -0.39 is 0 Å². The second-order valence-electron chi connectivity index (χ2n) is 7.07. The van der Waals surface area contributed by atoms with Crippen molar-refractivity contribution in [3.8, 4) is 0 Å². The smallest absolute Gasteiger partial charge is 0.0473 e. The lowest BCUT2D eigenvalue weighted by Gasteiger charge is -2.43. The van der Waals surface area contributed by atoms with Gasteiger partial charge in [0, 0.05) is 43.8 Å². The summed E-state index contributed by atoms with van der Waals surface area (Å²) >= 11 is 0. The largest absolute Gasteiger partial charge is 0.329 e. The minimum Gasteiger partial charge on any atom is -0.329 e. The van der Waals surface area contributed by atoms with Gasteiger partial charge in [-0.15, -0.1) is 0 Å². The summed E-state index contributed by atoms with van der Waals surface area (Å²) in [5.74, 6) is 0.964. The Morgan fingerprint density at radius 1 is 1.28 bits per heavy atom. The van der Waals surface area contributed by atoms with Crippen molar-refractivity contribution in [1.29, 1.82) is 0 Å². The fraction of sp³-hybridized carbons (Fsp3) is 1.00. The van der Waals surface area contributed by atoms with Gasteiger partial charge in [0.15, 0.2) is 0 Å². The number of nitrogens with two attached hydrogens (primary N) is 1. The standard InChI is InChI=1S/C15H29N3/c1-12(2)18(9-13-3-4-13)15(10-16)7-8-17(11-15)14-5-6-14/h12-14H,3-11,16H2,1-2H3. The maximum absolute atomic E-state index is 6.22. The lowest BCUT2D eigenvalue weighted by molar-refractivity contribution is 0.0609. The van der Waals surface area contributed by atoms with Crippen LogP contribution in [0.3, 0.4) is 0 Å². The summed E-state index contributed by atoms with van der Waals surface area (Å²) in [6, 6.07) is 1.53. The molecule has 18 heavy (non-hydrogen) atoms. The van der Waals surface area contributed by atoms with Crippen molar-refractivity contribution in [3.63, 3.8) is 0 Å². The maximum Gasteiger partial charge on any atom is 0.0473 e. The topological polar surface area (TPSA) is 32.5 Å². The van der Waals surface area contributed by atoms with Crippen LogP contribution in [-0.2, 0) is 0 Å². The van der Waals surface area contributed by atoms with Crippen molar-refractivity contribution in [3.05, 3.63) is 0 Å². The predicted molar refractivity (Wildman–Crippen MR) is 75.6 cm³/mol. The fourth-order valence-corrected chi connectivity index (χ4v) is 3.69. The Balaban J connectivity index is 1.71. The number of hydrogen-bond donors (Lipinski definition) is 1. The molecule has 0 spiro atoms. The van der Waals surface area contributed by atoms with Gasteiger partial charge >= 0.3 is 0 Å². The zero-order valence-electron chi connectivity index (χ0n) is 12.1. The Morgan fingerprint density at radius 2 is 2.00 bits per heavy atom. The second kappa shape index (κ2) is 4.77. The van der Waals surface area contributed by atoms with Crippen LogP contribution in [0.2, 0.25) is 0 Å². The van der Waals surface area contributed by atoms with E-state index in [-0.39, 0.29) is 5.54 Å². The zero-order chi connectivity index (χ0) is 12.8. The summed E-state index contributed by atoms with van der Waals surface area (Å²) in [5.41, 5.74) is 6.50. The Kier molecular flexibility index (Phi) is 3.41. The van der Waals surface area contributed by atoms with Crippen LogP contribution < -0.4 is 5.73 Å². The van der Waals surface area contributed by atoms with E-state index in [2.05, 4.69) is 23.6 Å². The van der Waals surface area contributed by atoms with Crippen molar-refractivity contribution in [2.45, 2.75) is 63.6 Å². The van der Waals surface area contributed by atoms with E-state index in [4.69, 9.17) is 5.73 Å². The zero-order valence-corrected chi connectivity index (χ0v) is 12.1. The molecule has 0 aromatic heterocycles. The van der Waals surface area contributed by atoms with Crippen LogP contribution in [0.5, 0.6) is 0 Å². The van der Waals surface area contributed by atoms with Crippen LogP contribution in [0.1, 0.15) is 46.0 Å². The molecule has 2 N–H and O–H groups in total. The first-order valence-electron chi connectivity index (χ1n) is 7.85. The van der Waals surface area contributed by atoms with Crippen molar-refractivity contribution in [2.24, 2.45) is 11.7 Å². The van der Waals surface area contributed by atoms with Crippen molar-refractivity contribution in [1.82, 2.24) is 9.80 Å². The Labute approximate surface area is 112 Å². The molecule has 0 radical (unpaired) electrons. The summed E-state index contributed by atoms with van der Waals surface area (Å²) in [6.45, 7) is 9.31. The highest BCUT2D eigenvalue weighted by Gasteiger charge is 2.47. The third-order valence-electron chi connectivity index (χ3n) is 5.19. The molecule has 1 saturated heterocycles. The molecule has 2 aliphatic carbocycles. The molecule has 1 atom stereocenters. The summed E-state index contributed by atoms with van der Waals surface area (Å²) in [5, 5.41) is 0. The summed E-state index contributed by atoms with van der Waals surface area (Å²) in [6.07, 6.45) is 7.01. The molecule has 0 bridgehead atoms. The quantitative estimate of drug-likeness (QED) is 0.779. The Morgan fingerprint density at radius 3 is 2.50 bits per heavy atom. The van der Waals surface area contributed by atoms with Crippen LogP contribution in [0.4, 0.5) is 0 Å². The molecule has 3 fully saturated rings. The average Bonchev–Trinajstić information content (AvgIpc) is 3.26. The van der Waals surface area contributed by atoms with E-state index in [0.29, 0.717) is 6.04 Å². The first kappa shape index (κ1) is 12.9. The fourth-order valence-electron chi connectivity index (χ4n) is 3.69. The molecular formula is C15H29N3. The first-order chi connectivity index (χ1) is 8.64. The molecule has 104 valence electrons. The SMILES string of the molecule is CC(C)N(CC1CC1)C1(CN)CCN(C2CC2)C1. The lowest BCUT2D eigenvalue weighted by atomic mass is 9.94. The van der Waals surface area contributed by atoms with Gasteiger partial charge in [-0.3, -0.25) is 9.80 Å². The molecule has 3 heteroatoms. The van der Waals surface area contributed by atoms with Gasteiger partial charge in [-0.05, 0) is 51.9 Å². The molecule has 1 heterocycles. The third kappa shape index (κ3) is 2.45. The monoisotopic (exact) mass is 251 g/mol. The first-order valence-corrected chi connectivity index (χ1v) is 7.85. The molecule has 2 saturated carbocycles. The molecule has 0 aromatic rings. The van der Waals surface area contributed by atoms with E-state index in [1.165, 1.54) is 51.7 Å². The number of hydrogen-bond acceptors (Lipinski definition) is 3. The Hall–Kier alpha value is -0.120. The molecule has 0 aromatic carbocycles. The number of likely N-dealkylation sites (tertiary alicyclic amines) is 1. The van der Waals surface area contributed by atoms with Gasteiger partial charge in [0.25, 0.3) is 0 Å². The number of rotatable bonds is 6. The van der Waals surface area contributed by atoms with Gasteiger partial charge < -0.3 is 5.73 Å². The van der Waals surface area contributed by atoms with Gasteiger partial charge in [-0.2, -0.15) is 0 Å². The van der Waals surface area contributed by atoms with E-state index in [1.54, 1.807) is 0 Å². The molecular weight excluding hydrogens is 222 g/mol. The molecule has 1 unspecified atom stereocenters. The third-order valence-corrected chi connectivity index (χ3v) is 5.19. The minimum atomic E-state index is 0.277. The van der Waals surface area contributed by atoms with Crippen LogP contribution >= 0.6 is 0 Å². The van der Waals surface area contributed by atoms with Gasteiger partial charge in [-0.25, -0.2) is 0 Å². The molecule has 0 amide bonds. The van der Waals surface area contributed by atoms with Crippen LogP contribution in [0.25, 0.3) is 0 Å². The minimum absolute atomic E-state index is 0.277. The second-order valence-corrected chi connectivity index (χ2v) is 7.07. The average molecular weight is 251 g/mol. The Bertz CT molecular complexity index is 296. The van der Waals surface area contributed by atoms with Crippen LogP contribution in [-0.4, -0.2) is 53.6 Å². The van der Waals surface area contributed by atoms with Gasteiger partial charge in [-0.1, -0.05) is 0 Å². The van der Waals surface area contributed by atoms with E-state index in [1.807, 2.05) is 0 Å². The van der Waals surface area contributed by atoms with Gasteiger partial charge in [0.1, 0.15) is 0 Å². The normalized spacial score (nSPS) is 33.8. The van der Waals surface area contributed by atoms with E-state index in [0.717, 1.165) is 18.5 Å².